The van der Waals surface area contributed by atoms with E-state index in [4.69, 9.17) is 4.74 Å². The molecular formula is C22H25N3O3. The molecule has 1 aliphatic heterocycles. The number of ether oxygens (including phenoxy) is 1. The van der Waals surface area contributed by atoms with Crippen LogP contribution in [-0.2, 0) is 17.6 Å². The Balaban J connectivity index is 1.53. The summed E-state index contributed by atoms with van der Waals surface area (Å²) >= 11 is 0. The lowest BCUT2D eigenvalue weighted by molar-refractivity contribution is 0.0302. The Morgan fingerprint density at radius 3 is 2.68 bits per heavy atom. The number of morpholine rings is 1. The summed E-state index contributed by atoms with van der Waals surface area (Å²) in [5.74, 6) is -0.267. The highest BCUT2D eigenvalue weighted by Crippen LogP contribution is 2.23. The third-order valence-corrected chi connectivity index (χ3v) is 5.52. The van der Waals surface area contributed by atoms with Gasteiger partial charge in [-0.3, -0.25) is 9.59 Å². The van der Waals surface area contributed by atoms with Gasteiger partial charge in [0.1, 0.15) is 5.69 Å². The zero-order valence-electron chi connectivity index (χ0n) is 16.2. The Labute approximate surface area is 164 Å². The van der Waals surface area contributed by atoms with Gasteiger partial charge < -0.3 is 15.0 Å². The van der Waals surface area contributed by atoms with E-state index in [1.165, 1.54) is 12.0 Å². The second-order valence-corrected chi connectivity index (χ2v) is 7.35. The molecule has 6 nitrogen and oxygen atoms in total. The standard InChI is InChI=1S/C22H25N3O3/c1-15-17(22(27)25-11-13-28-14-12-25)6-4-8-18(15)24-21(26)20-10-9-16-5-2-3-7-19(16)23-20/h4,6,8-10H,2-3,5,7,11-14H2,1H3,(H,24,26). The van der Waals surface area contributed by atoms with E-state index >= 15 is 0 Å². The van der Waals surface area contributed by atoms with Gasteiger partial charge in [0, 0.05) is 30.0 Å². The highest BCUT2D eigenvalue weighted by atomic mass is 16.5. The van der Waals surface area contributed by atoms with Gasteiger partial charge in [-0.2, -0.15) is 0 Å². The molecule has 2 aromatic rings. The summed E-state index contributed by atoms with van der Waals surface area (Å²) in [7, 11) is 0. The number of fused-ring (bicyclic) bond motifs is 1. The molecule has 1 saturated heterocycles. The normalized spacial score (nSPS) is 16.4. The number of anilines is 1. The van der Waals surface area contributed by atoms with Crippen molar-refractivity contribution in [1.82, 2.24) is 9.88 Å². The van der Waals surface area contributed by atoms with Gasteiger partial charge in [0.25, 0.3) is 11.8 Å². The minimum absolute atomic E-state index is 0.0243. The number of aromatic nitrogens is 1. The van der Waals surface area contributed by atoms with Crippen molar-refractivity contribution in [1.29, 1.82) is 0 Å². The summed E-state index contributed by atoms with van der Waals surface area (Å²) in [5, 5.41) is 2.93. The third kappa shape index (κ3) is 3.78. The zero-order valence-corrected chi connectivity index (χ0v) is 16.2. The first-order valence-electron chi connectivity index (χ1n) is 9.90. The Morgan fingerprint density at radius 2 is 1.86 bits per heavy atom. The molecule has 0 atom stereocenters. The van der Waals surface area contributed by atoms with Crippen molar-refractivity contribution in [3.05, 3.63) is 58.4 Å². The minimum Gasteiger partial charge on any atom is -0.378 e. The SMILES string of the molecule is Cc1c(NC(=O)c2ccc3c(n2)CCCC3)cccc1C(=O)N1CCOCC1. The van der Waals surface area contributed by atoms with Gasteiger partial charge in [0.2, 0.25) is 0 Å². The molecule has 4 rings (SSSR count). The monoisotopic (exact) mass is 379 g/mol. The summed E-state index contributed by atoms with van der Waals surface area (Å²) in [6.07, 6.45) is 4.27. The molecule has 0 bridgehead atoms. The number of nitrogens with zero attached hydrogens (tertiary/aromatic N) is 2. The number of aryl methyl sites for hydroxylation is 2. The zero-order chi connectivity index (χ0) is 19.5. The van der Waals surface area contributed by atoms with E-state index in [1.54, 1.807) is 23.1 Å². The molecule has 0 saturated carbocycles. The first kappa shape index (κ1) is 18.6. The number of carbonyl (C=O) groups is 2. The van der Waals surface area contributed by atoms with Gasteiger partial charge in [-0.15, -0.1) is 0 Å². The van der Waals surface area contributed by atoms with Crippen molar-refractivity contribution in [3.8, 4) is 0 Å². The van der Waals surface area contributed by atoms with Gasteiger partial charge in [-0.05, 0) is 61.9 Å². The van der Waals surface area contributed by atoms with Crippen LogP contribution in [0.25, 0.3) is 0 Å². The van der Waals surface area contributed by atoms with Crippen molar-refractivity contribution >= 4 is 17.5 Å². The second kappa shape index (κ2) is 8.10. The number of amides is 2. The Kier molecular flexibility index (Phi) is 5.39. The average molecular weight is 379 g/mol. The Bertz CT molecular complexity index is 904. The number of hydrogen-bond donors (Lipinski definition) is 1. The van der Waals surface area contributed by atoms with Crippen LogP contribution < -0.4 is 5.32 Å². The minimum atomic E-state index is -0.243. The van der Waals surface area contributed by atoms with E-state index in [0.717, 1.165) is 30.5 Å². The van der Waals surface area contributed by atoms with E-state index in [0.29, 0.717) is 43.2 Å². The molecule has 1 aromatic carbocycles. The lowest BCUT2D eigenvalue weighted by atomic mass is 9.96. The van der Waals surface area contributed by atoms with E-state index in [9.17, 15) is 9.59 Å². The first-order valence-corrected chi connectivity index (χ1v) is 9.90. The Hall–Kier alpha value is -2.73. The van der Waals surface area contributed by atoms with Crippen LogP contribution in [0.1, 0.15) is 50.5 Å². The molecule has 1 aromatic heterocycles. The van der Waals surface area contributed by atoms with E-state index in [1.807, 2.05) is 19.1 Å². The summed E-state index contributed by atoms with van der Waals surface area (Å²) in [5.41, 5.74) is 4.72. The second-order valence-electron chi connectivity index (χ2n) is 7.35. The number of carbonyl (C=O) groups excluding carboxylic acids is 2. The van der Waals surface area contributed by atoms with Crippen molar-refractivity contribution in [2.24, 2.45) is 0 Å². The van der Waals surface area contributed by atoms with Crippen LogP contribution in [0.5, 0.6) is 0 Å². The van der Waals surface area contributed by atoms with Crippen LogP contribution in [-0.4, -0.2) is 48.0 Å². The first-order chi connectivity index (χ1) is 13.6. The van der Waals surface area contributed by atoms with E-state index in [2.05, 4.69) is 10.3 Å². The smallest absolute Gasteiger partial charge is 0.274 e. The number of benzene rings is 1. The summed E-state index contributed by atoms with van der Waals surface area (Å²) in [6, 6.07) is 9.23. The average Bonchev–Trinajstić information content (AvgIpc) is 2.75. The highest BCUT2D eigenvalue weighted by Gasteiger charge is 2.22. The predicted octanol–water partition coefficient (Wildman–Crippen LogP) is 2.99. The quantitative estimate of drug-likeness (QED) is 0.890. The lowest BCUT2D eigenvalue weighted by Gasteiger charge is -2.27. The molecule has 0 spiro atoms. The summed E-state index contributed by atoms with van der Waals surface area (Å²) in [4.78, 5) is 31.9. The number of rotatable bonds is 3. The fourth-order valence-corrected chi connectivity index (χ4v) is 3.83. The van der Waals surface area contributed by atoms with Crippen LogP contribution >= 0.6 is 0 Å². The van der Waals surface area contributed by atoms with E-state index in [-0.39, 0.29) is 11.8 Å². The topological polar surface area (TPSA) is 71.5 Å². The van der Waals surface area contributed by atoms with Crippen molar-refractivity contribution in [2.75, 3.05) is 31.6 Å². The predicted molar refractivity (Wildman–Crippen MR) is 107 cm³/mol. The fourth-order valence-electron chi connectivity index (χ4n) is 3.83. The van der Waals surface area contributed by atoms with Crippen LogP contribution in [0, 0.1) is 6.92 Å². The molecule has 6 heteroatoms. The third-order valence-electron chi connectivity index (χ3n) is 5.52. The molecule has 1 aliphatic carbocycles. The summed E-state index contributed by atoms with van der Waals surface area (Å²) < 4.78 is 5.32. The maximum Gasteiger partial charge on any atom is 0.274 e. The molecule has 1 fully saturated rings. The molecule has 2 amide bonds. The van der Waals surface area contributed by atoms with Crippen molar-refractivity contribution in [2.45, 2.75) is 32.6 Å². The maximum atomic E-state index is 12.8. The molecular weight excluding hydrogens is 354 g/mol. The van der Waals surface area contributed by atoms with E-state index < -0.39 is 0 Å². The molecule has 1 N–H and O–H groups in total. The van der Waals surface area contributed by atoms with Gasteiger partial charge in [0.15, 0.2) is 0 Å². The molecule has 28 heavy (non-hydrogen) atoms. The number of pyridine rings is 1. The maximum absolute atomic E-state index is 12.8. The van der Waals surface area contributed by atoms with Gasteiger partial charge >= 0.3 is 0 Å². The van der Waals surface area contributed by atoms with Crippen molar-refractivity contribution in [3.63, 3.8) is 0 Å². The number of hydrogen-bond acceptors (Lipinski definition) is 4. The van der Waals surface area contributed by atoms with Gasteiger partial charge in [-0.1, -0.05) is 12.1 Å². The fraction of sp³-hybridized carbons (Fsp3) is 0.409. The van der Waals surface area contributed by atoms with Crippen LogP contribution in [0.4, 0.5) is 5.69 Å². The highest BCUT2D eigenvalue weighted by molar-refractivity contribution is 6.05. The molecule has 146 valence electrons. The molecule has 0 radical (unpaired) electrons. The number of nitrogens with one attached hydrogen (secondary N) is 1. The molecule has 2 heterocycles. The summed E-state index contributed by atoms with van der Waals surface area (Å²) in [6.45, 7) is 4.17. The van der Waals surface area contributed by atoms with Crippen LogP contribution in [0.2, 0.25) is 0 Å². The van der Waals surface area contributed by atoms with Crippen LogP contribution in [0.3, 0.4) is 0 Å². The van der Waals surface area contributed by atoms with Crippen molar-refractivity contribution < 1.29 is 14.3 Å². The van der Waals surface area contributed by atoms with Crippen LogP contribution in [0.15, 0.2) is 30.3 Å². The lowest BCUT2D eigenvalue weighted by Crippen LogP contribution is -2.41. The molecule has 2 aliphatic rings. The van der Waals surface area contributed by atoms with Gasteiger partial charge in [0.05, 0.1) is 13.2 Å². The molecule has 0 unspecified atom stereocenters. The largest absolute Gasteiger partial charge is 0.378 e. The Morgan fingerprint density at radius 1 is 1.07 bits per heavy atom. The van der Waals surface area contributed by atoms with Gasteiger partial charge in [-0.25, -0.2) is 4.98 Å².